The molecular formula is C21H27NO5. The van der Waals surface area contributed by atoms with Gasteiger partial charge in [0.05, 0.1) is 27.4 Å². The van der Waals surface area contributed by atoms with Gasteiger partial charge in [-0.1, -0.05) is 6.92 Å². The maximum absolute atomic E-state index is 12.7. The summed E-state index contributed by atoms with van der Waals surface area (Å²) >= 11 is 0. The summed E-state index contributed by atoms with van der Waals surface area (Å²) < 4.78 is 21.6. The molecule has 0 unspecified atom stereocenters. The van der Waals surface area contributed by atoms with Gasteiger partial charge < -0.3 is 24.3 Å². The first kappa shape index (κ1) is 20.4. The Labute approximate surface area is 160 Å². The molecule has 0 spiro atoms. The molecule has 0 heterocycles. The van der Waals surface area contributed by atoms with Gasteiger partial charge in [0, 0.05) is 5.56 Å². The van der Waals surface area contributed by atoms with Crippen LogP contribution in [0, 0.1) is 0 Å². The third kappa shape index (κ3) is 5.29. The summed E-state index contributed by atoms with van der Waals surface area (Å²) in [5, 5.41) is 2.99. The highest BCUT2D eigenvalue weighted by molar-refractivity contribution is 5.81. The minimum Gasteiger partial charge on any atom is -0.497 e. The van der Waals surface area contributed by atoms with E-state index in [0.29, 0.717) is 23.7 Å². The zero-order chi connectivity index (χ0) is 19.8. The molecule has 0 saturated carbocycles. The summed E-state index contributed by atoms with van der Waals surface area (Å²) in [6, 6.07) is 12.4. The van der Waals surface area contributed by atoms with Gasteiger partial charge in [0.25, 0.3) is 5.91 Å². The second-order valence-electron chi connectivity index (χ2n) is 6.03. The Bertz CT molecular complexity index is 745. The molecule has 0 radical (unpaired) electrons. The van der Waals surface area contributed by atoms with Crippen LogP contribution >= 0.6 is 0 Å². The number of methoxy groups -OCH3 is 3. The molecule has 2 aromatic rings. The highest BCUT2D eigenvalue weighted by Crippen LogP contribution is 2.29. The van der Waals surface area contributed by atoms with E-state index in [1.165, 1.54) is 0 Å². The Kier molecular flexibility index (Phi) is 7.34. The fraction of sp³-hybridized carbons (Fsp3) is 0.381. The van der Waals surface area contributed by atoms with Crippen LogP contribution in [0.2, 0.25) is 0 Å². The van der Waals surface area contributed by atoms with Crippen molar-refractivity contribution >= 4 is 5.91 Å². The molecule has 0 aromatic heterocycles. The fourth-order valence-corrected chi connectivity index (χ4v) is 2.70. The van der Waals surface area contributed by atoms with Crippen molar-refractivity contribution in [3.05, 3.63) is 48.0 Å². The van der Waals surface area contributed by atoms with Gasteiger partial charge in [-0.3, -0.25) is 4.79 Å². The van der Waals surface area contributed by atoms with Gasteiger partial charge in [-0.05, 0) is 55.8 Å². The zero-order valence-electron chi connectivity index (χ0n) is 16.4. The van der Waals surface area contributed by atoms with Crippen LogP contribution in [0.1, 0.15) is 31.9 Å². The van der Waals surface area contributed by atoms with Crippen LogP contribution in [0.5, 0.6) is 23.0 Å². The van der Waals surface area contributed by atoms with Crippen molar-refractivity contribution in [2.45, 2.75) is 32.4 Å². The minimum absolute atomic E-state index is 0.189. The molecule has 0 saturated heterocycles. The van der Waals surface area contributed by atoms with Crippen LogP contribution in [-0.2, 0) is 4.79 Å². The number of hydrogen-bond acceptors (Lipinski definition) is 5. The van der Waals surface area contributed by atoms with E-state index < -0.39 is 6.10 Å². The number of nitrogens with one attached hydrogen (secondary N) is 1. The molecule has 2 atom stereocenters. The normalized spacial score (nSPS) is 12.6. The molecule has 6 nitrogen and oxygen atoms in total. The molecule has 0 bridgehead atoms. The van der Waals surface area contributed by atoms with Crippen LogP contribution in [0.4, 0.5) is 0 Å². The first-order valence-electron chi connectivity index (χ1n) is 8.85. The lowest BCUT2D eigenvalue weighted by Gasteiger charge is -2.22. The maximum Gasteiger partial charge on any atom is 0.261 e. The van der Waals surface area contributed by atoms with Gasteiger partial charge in [0.15, 0.2) is 6.10 Å². The van der Waals surface area contributed by atoms with Gasteiger partial charge in [0.2, 0.25) is 0 Å². The Morgan fingerprint density at radius 3 is 2.07 bits per heavy atom. The number of ether oxygens (including phenoxy) is 4. The lowest BCUT2D eigenvalue weighted by atomic mass is 10.1. The SMILES string of the molecule is CC[C@H](Oc1ccc(OC)cc1)C(=O)N[C@@H](C)c1cc(OC)ccc1OC. The number of carbonyl (C=O) groups excluding carboxylic acids is 1. The average Bonchev–Trinajstić information content (AvgIpc) is 2.71. The Balaban J connectivity index is 2.08. The number of amides is 1. The molecular weight excluding hydrogens is 346 g/mol. The van der Waals surface area contributed by atoms with Gasteiger partial charge in [-0.25, -0.2) is 0 Å². The predicted octanol–water partition coefficient (Wildman–Crippen LogP) is 3.75. The number of benzene rings is 2. The molecule has 0 aliphatic heterocycles. The Hall–Kier alpha value is -2.89. The number of rotatable bonds is 9. The van der Waals surface area contributed by atoms with E-state index in [1.54, 1.807) is 45.6 Å². The summed E-state index contributed by atoms with van der Waals surface area (Å²) in [5.41, 5.74) is 0.838. The second-order valence-corrected chi connectivity index (χ2v) is 6.03. The van der Waals surface area contributed by atoms with Crippen LogP contribution < -0.4 is 24.3 Å². The van der Waals surface area contributed by atoms with Gasteiger partial charge >= 0.3 is 0 Å². The third-order valence-corrected chi connectivity index (χ3v) is 4.26. The van der Waals surface area contributed by atoms with Crippen molar-refractivity contribution in [3.8, 4) is 23.0 Å². The molecule has 1 N–H and O–H groups in total. The van der Waals surface area contributed by atoms with Crippen LogP contribution in [-0.4, -0.2) is 33.3 Å². The summed E-state index contributed by atoms with van der Waals surface area (Å²) in [5.74, 6) is 2.55. The summed E-state index contributed by atoms with van der Waals surface area (Å²) in [4.78, 5) is 12.7. The van der Waals surface area contributed by atoms with E-state index in [-0.39, 0.29) is 11.9 Å². The fourth-order valence-electron chi connectivity index (χ4n) is 2.70. The molecule has 0 aliphatic carbocycles. The maximum atomic E-state index is 12.7. The third-order valence-electron chi connectivity index (χ3n) is 4.26. The summed E-state index contributed by atoms with van der Waals surface area (Å²) in [6.45, 7) is 3.81. The Morgan fingerprint density at radius 2 is 1.52 bits per heavy atom. The van der Waals surface area contributed by atoms with Gasteiger partial charge in [0.1, 0.15) is 23.0 Å². The topological polar surface area (TPSA) is 66.0 Å². The zero-order valence-corrected chi connectivity index (χ0v) is 16.4. The number of carbonyl (C=O) groups is 1. The molecule has 1 amide bonds. The summed E-state index contributed by atoms with van der Waals surface area (Å²) in [7, 11) is 4.80. The molecule has 6 heteroatoms. The Morgan fingerprint density at radius 1 is 0.926 bits per heavy atom. The molecule has 2 aromatic carbocycles. The first-order chi connectivity index (χ1) is 13.0. The first-order valence-corrected chi connectivity index (χ1v) is 8.85. The van der Waals surface area contributed by atoms with Gasteiger partial charge in [-0.2, -0.15) is 0 Å². The predicted molar refractivity (Wildman–Crippen MR) is 104 cm³/mol. The van der Waals surface area contributed by atoms with Crippen molar-refractivity contribution < 1.29 is 23.7 Å². The van der Waals surface area contributed by atoms with Crippen LogP contribution in [0.25, 0.3) is 0 Å². The molecule has 0 fully saturated rings. The molecule has 27 heavy (non-hydrogen) atoms. The van der Waals surface area contributed by atoms with E-state index in [0.717, 1.165) is 11.3 Å². The van der Waals surface area contributed by atoms with Crippen LogP contribution in [0.15, 0.2) is 42.5 Å². The highest BCUT2D eigenvalue weighted by atomic mass is 16.5. The van der Waals surface area contributed by atoms with E-state index in [9.17, 15) is 4.79 Å². The lowest BCUT2D eigenvalue weighted by Crippen LogP contribution is -2.39. The van der Waals surface area contributed by atoms with E-state index in [1.807, 2.05) is 32.0 Å². The van der Waals surface area contributed by atoms with Crippen LogP contribution in [0.3, 0.4) is 0 Å². The molecule has 2 rings (SSSR count). The number of hydrogen-bond donors (Lipinski definition) is 1. The average molecular weight is 373 g/mol. The second kappa shape index (κ2) is 9.71. The van der Waals surface area contributed by atoms with E-state index in [2.05, 4.69) is 5.32 Å². The monoisotopic (exact) mass is 373 g/mol. The standard InChI is InChI=1S/C21H27NO5/c1-6-19(27-16-9-7-15(24-3)8-10-16)21(23)22-14(2)18-13-17(25-4)11-12-20(18)26-5/h7-14,19H,6H2,1-5H3,(H,22,23)/t14-,19-/m0/s1. The van der Waals surface area contributed by atoms with Crippen molar-refractivity contribution in [1.82, 2.24) is 5.32 Å². The summed E-state index contributed by atoms with van der Waals surface area (Å²) in [6.07, 6.45) is -0.0581. The van der Waals surface area contributed by atoms with Crippen molar-refractivity contribution in [1.29, 1.82) is 0 Å². The van der Waals surface area contributed by atoms with E-state index in [4.69, 9.17) is 18.9 Å². The van der Waals surface area contributed by atoms with E-state index >= 15 is 0 Å². The van der Waals surface area contributed by atoms with Crippen molar-refractivity contribution in [3.63, 3.8) is 0 Å². The smallest absolute Gasteiger partial charge is 0.261 e. The van der Waals surface area contributed by atoms with Gasteiger partial charge in [-0.15, -0.1) is 0 Å². The van der Waals surface area contributed by atoms with Crippen molar-refractivity contribution in [2.24, 2.45) is 0 Å². The lowest BCUT2D eigenvalue weighted by molar-refractivity contribution is -0.128. The largest absolute Gasteiger partial charge is 0.497 e. The molecule has 146 valence electrons. The molecule has 0 aliphatic rings. The quantitative estimate of drug-likeness (QED) is 0.725. The minimum atomic E-state index is -0.600. The van der Waals surface area contributed by atoms with Crippen molar-refractivity contribution in [2.75, 3.05) is 21.3 Å². The highest BCUT2D eigenvalue weighted by Gasteiger charge is 2.22.